The van der Waals surface area contributed by atoms with Crippen LogP contribution in [-0.4, -0.2) is 24.6 Å². The Hall–Kier alpha value is -1.49. The summed E-state index contributed by atoms with van der Waals surface area (Å²) < 4.78 is 4.68. The van der Waals surface area contributed by atoms with E-state index in [-0.39, 0.29) is 10.8 Å². The van der Waals surface area contributed by atoms with Gasteiger partial charge in [-0.15, -0.1) is 0 Å². The summed E-state index contributed by atoms with van der Waals surface area (Å²) in [5.41, 5.74) is 7.83. The van der Waals surface area contributed by atoms with Crippen LogP contribution >= 0.6 is 11.6 Å². The number of rotatable bonds is 4. The third-order valence-electron chi connectivity index (χ3n) is 3.07. The van der Waals surface area contributed by atoms with Crippen LogP contribution in [0.4, 0.5) is 11.4 Å². The van der Waals surface area contributed by atoms with Crippen LogP contribution in [0.3, 0.4) is 0 Å². The molecule has 2 rings (SSSR count). The molecule has 1 saturated carbocycles. The average Bonchev–Trinajstić information content (AvgIpc) is 3.17. The molecule has 1 aromatic heterocycles. The zero-order chi connectivity index (χ0) is 13.3. The third-order valence-corrected chi connectivity index (χ3v) is 3.36. The number of nitrogen functional groups attached to an aromatic ring is 1. The van der Waals surface area contributed by atoms with E-state index in [0.29, 0.717) is 22.9 Å². The molecular formula is C12H16ClN3O2. The number of methoxy groups -OCH3 is 1. The molecule has 0 radical (unpaired) electrons. The monoisotopic (exact) mass is 269 g/mol. The third kappa shape index (κ3) is 2.51. The number of carbonyl (C=O) groups is 1. The van der Waals surface area contributed by atoms with Crippen molar-refractivity contribution >= 4 is 28.9 Å². The van der Waals surface area contributed by atoms with Gasteiger partial charge in [0.25, 0.3) is 0 Å². The first-order valence-corrected chi connectivity index (χ1v) is 6.20. The standard InChI is InChI=1S/C12H16ClN3O2/c1-6-9(15-5-7-3-4-7)8(14)11(13)16-10(6)12(17)18-2/h7H,3-5,14H2,1-2H3,(H,15,16). The van der Waals surface area contributed by atoms with Crippen molar-refractivity contribution in [2.24, 2.45) is 5.92 Å². The lowest BCUT2D eigenvalue weighted by Crippen LogP contribution is -2.14. The Labute approximate surface area is 111 Å². The molecule has 5 nitrogen and oxygen atoms in total. The van der Waals surface area contributed by atoms with E-state index < -0.39 is 5.97 Å². The number of nitrogens with one attached hydrogen (secondary N) is 1. The van der Waals surface area contributed by atoms with Crippen molar-refractivity contribution in [2.75, 3.05) is 24.7 Å². The highest BCUT2D eigenvalue weighted by atomic mass is 35.5. The van der Waals surface area contributed by atoms with Gasteiger partial charge >= 0.3 is 5.97 Å². The van der Waals surface area contributed by atoms with Gasteiger partial charge in [0.1, 0.15) is 0 Å². The Morgan fingerprint density at radius 3 is 2.83 bits per heavy atom. The highest BCUT2D eigenvalue weighted by molar-refractivity contribution is 6.32. The van der Waals surface area contributed by atoms with E-state index in [4.69, 9.17) is 17.3 Å². The summed E-state index contributed by atoms with van der Waals surface area (Å²) in [4.78, 5) is 15.6. The lowest BCUT2D eigenvalue weighted by atomic mass is 10.1. The summed E-state index contributed by atoms with van der Waals surface area (Å²) in [7, 11) is 1.31. The van der Waals surface area contributed by atoms with Gasteiger partial charge in [0, 0.05) is 12.1 Å². The van der Waals surface area contributed by atoms with Crippen molar-refractivity contribution in [3.8, 4) is 0 Å². The van der Waals surface area contributed by atoms with Crippen molar-refractivity contribution in [3.05, 3.63) is 16.4 Å². The average molecular weight is 270 g/mol. The summed E-state index contributed by atoms with van der Waals surface area (Å²) in [5, 5.41) is 3.37. The summed E-state index contributed by atoms with van der Waals surface area (Å²) in [6, 6.07) is 0. The molecule has 0 saturated heterocycles. The van der Waals surface area contributed by atoms with Crippen molar-refractivity contribution < 1.29 is 9.53 Å². The number of carbonyl (C=O) groups excluding carboxylic acids is 1. The molecule has 98 valence electrons. The number of esters is 1. The Bertz CT molecular complexity index is 487. The second-order valence-corrected chi connectivity index (χ2v) is 4.84. The molecule has 0 spiro atoms. The predicted molar refractivity (Wildman–Crippen MR) is 70.9 cm³/mol. The molecule has 3 N–H and O–H groups in total. The molecule has 1 heterocycles. The number of halogens is 1. The van der Waals surface area contributed by atoms with Gasteiger partial charge in [0.2, 0.25) is 0 Å². The predicted octanol–water partition coefficient (Wildman–Crippen LogP) is 2.23. The molecule has 0 unspecified atom stereocenters. The highest BCUT2D eigenvalue weighted by Gasteiger charge is 2.23. The number of ether oxygens (including phenoxy) is 1. The van der Waals surface area contributed by atoms with Crippen LogP contribution in [0, 0.1) is 12.8 Å². The SMILES string of the molecule is COC(=O)c1nc(Cl)c(N)c(NCC2CC2)c1C. The van der Waals surface area contributed by atoms with E-state index in [9.17, 15) is 4.79 Å². The van der Waals surface area contributed by atoms with Gasteiger partial charge < -0.3 is 15.8 Å². The number of hydrogen-bond acceptors (Lipinski definition) is 5. The Morgan fingerprint density at radius 1 is 1.61 bits per heavy atom. The van der Waals surface area contributed by atoms with Gasteiger partial charge in [-0.2, -0.15) is 0 Å². The number of pyridine rings is 1. The number of nitrogens with two attached hydrogens (primary N) is 1. The maximum Gasteiger partial charge on any atom is 0.357 e. The summed E-state index contributed by atoms with van der Waals surface area (Å²) >= 11 is 5.94. The lowest BCUT2D eigenvalue weighted by Gasteiger charge is -2.15. The molecule has 1 aromatic rings. The van der Waals surface area contributed by atoms with Crippen LogP contribution in [0.1, 0.15) is 28.9 Å². The number of aromatic nitrogens is 1. The first-order valence-electron chi connectivity index (χ1n) is 5.82. The fraction of sp³-hybridized carbons (Fsp3) is 0.500. The largest absolute Gasteiger partial charge is 0.464 e. The lowest BCUT2D eigenvalue weighted by molar-refractivity contribution is 0.0593. The van der Waals surface area contributed by atoms with Gasteiger partial charge in [-0.25, -0.2) is 9.78 Å². The van der Waals surface area contributed by atoms with Crippen LogP contribution in [0.15, 0.2) is 0 Å². The minimum absolute atomic E-state index is 0.124. The van der Waals surface area contributed by atoms with E-state index in [1.165, 1.54) is 20.0 Å². The van der Waals surface area contributed by atoms with Gasteiger partial charge in [-0.1, -0.05) is 11.6 Å². The van der Waals surface area contributed by atoms with Crippen molar-refractivity contribution in [1.29, 1.82) is 0 Å². The Kier molecular flexibility index (Phi) is 3.61. The second kappa shape index (κ2) is 5.02. The minimum Gasteiger partial charge on any atom is -0.464 e. The van der Waals surface area contributed by atoms with Crippen LogP contribution < -0.4 is 11.1 Å². The minimum atomic E-state index is -0.510. The summed E-state index contributed by atoms with van der Waals surface area (Å²) in [6.45, 7) is 2.62. The van der Waals surface area contributed by atoms with E-state index in [1.54, 1.807) is 6.92 Å². The van der Waals surface area contributed by atoms with Gasteiger partial charge in [-0.05, 0) is 25.7 Å². The topological polar surface area (TPSA) is 77.2 Å². The fourth-order valence-electron chi connectivity index (χ4n) is 1.76. The first kappa shape index (κ1) is 13.0. The van der Waals surface area contributed by atoms with Gasteiger partial charge in [0.05, 0.1) is 18.5 Å². The van der Waals surface area contributed by atoms with Gasteiger partial charge in [0.15, 0.2) is 10.8 Å². The molecule has 6 heteroatoms. The van der Waals surface area contributed by atoms with Crippen molar-refractivity contribution in [3.63, 3.8) is 0 Å². The van der Waals surface area contributed by atoms with E-state index in [0.717, 1.165) is 6.54 Å². The molecule has 0 bridgehead atoms. The molecule has 1 aliphatic rings. The quantitative estimate of drug-likeness (QED) is 0.647. The first-order chi connectivity index (χ1) is 8.54. The zero-order valence-corrected chi connectivity index (χ0v) is 11.2. The molecule has 0 aliphatic heterocycles. The molecule has 1 fully saturated rings. The normalized spacial score (nSPS) is 14.4. The molecule has 0 aromatic carbocycles. The second-order valence-electron chi connectivity index (χ2n) is 4.48. The Morgan fingerprint density at radius 2 is 2.28 bits per heavy atom. The van der Waals surface area contributed by atoms with Crippen molar-refractivity contribution in [1.82, 2.24) is 4.98 Å². The maximum atomic E-state index is 11.6. The molecule has 1 aliphatic carbocycles. The number of hydrogen-bond donors (Lipinski definition) is 2. The van der Waals surface area contributed by atoms with Crippen LogP contribution in [0.5, 0.6) is 0 Å². The molecule has 0 atom stereocenters. The smallest absolute Gasteiger partial charge is 0.357 e. The summed E-state index contributed by atoms with van der Waals surface area (Å²) in [5.74, 6) is 0.182. The van der Waals surface area contributed by atoms with Crippen LogP contribution in [-0.2, 0) is 4.74 Å². The number of nitrogens with zero attached hydrogens (tertiary/aromatic N) is 1. The molecule has 18 heavy (non-hydrogen) atoms. The highest BCUT2D eigenvalue weighted by Crippen LogP contribution is 2.34. The summed E-state index contributed by atoms with van der Waals surface area (Å²) in [6.07, 6.45) is 2.46. The van der Waals surface area contributed by atoms with E-state index in [1.807, 2.05) is 0 Å². The maximum absolute atomic E-state index is 11.6. The van der Waals surface area contributed by atoms with Gasteiger partial charge in [-0.3, -0.25) is 0 Å². The zero-order valence-electron chi connectivity index (χ0n) is 10.4. The number of anilines is 2. The van der Waals surface area contributed by atoms with Crippen LogP contribution in [0.2, 0.25) is 5.15 Å². The van der Waals surface area contributed by atoms with E-state index in [2.05, 4.69) is 15.0 Å². The fourth-order valence-corrected chi connectivity index (χ4v) is 1.94. The Balaban J connectivity index is 2.34. The van der Waals surface area contributed by atoms with Crippen molar-refractivity contribution in [2.45, 2.75) is 19.8 Å². The van der Waals surface area contributed by atoms with Crippen LogP contribution in [0.25, 0.3) is 0 Å². The molecule has 0 amide bonds. The molecular weight excluding hydrogens is 254 g/mol. The van der Waals surface area contributed by atoms with E-state index >= 15 is 0 Å².